The van der Waals surface area contributed by atoms with Crippen LogP contribution in [0.1, 0.15) is 36.5 Å². The average molecular weight is 376 g/mol. The zero-order valence-corrected chi connectivity index (χ0v) is 15.9. The van der Waals surface area contributed by atoms with Crippen LogP contribution < -0.4 is 4.90 Å². The molecule has 0 saturated carbocycles. The van der Waals surface area contributed by atoms with Crippen LogP contribution in [0.5, 0.6) is 0 Å². The number of thiophene rings is 1. The van der Waals surface area contributed by atoms with Gasteiger partial charge in [0.25, 0.3) is 0 Å². The van der Waals surface area contributed by atoms with E-state index >= 15 is 0 Å². The van der Waals surface area contributed by atoms with Crippen molar-refractivity contribution in [1.29, 1.82) is 0 Å². The van der Waals surface area contributed by atoms with E-state index in [1.54, 1.807) is 17.7 Å². The van der Waals surface area contributed by atoms with Crippen LogP contribution >= 0.6 is 11.3 Å². The number of aryl methyl sites for hydroxylation is 1. The second-order valence-corrected chi connectivity index (χ2v) is 7.86. The molecule has 7 heteroatoms. The normalized spacial score (nSPS) is 17.1. The molecule has 4 heterocycles. The van der Waals surface area contributed by atoms with Crippen LogP contribution in [0.2, 0.25) is 0 Å². The summed E-state index contributed by atoms with van der Waals surface area (Å²) < 4.78 is 0. The molecule has 1 N–H and O–H groups in total. The van der Waals surface area contributed by atoms with E-state index in [0.717, 1.165) is 59.1 Å². The second kappa shape index (κ2) is 6.74. The lowest BCUT2D eigenvalue weighted by atomic mass is 10.2. The van der Waals surface area contributed by atoms with Crippen LogP contribution in [0.15, 0.2) is 42.7 Å². The van der Waals surface area contributed by atoms with Crippen LogP contribution in [0.4, 0.5) is 5.82 Å². The Labute approximate surface area is 161 Å². The molecule has 1 aliphatic rings. The Morgan fingerprint density at radius 2 is 2.11 bits per heavy atom. The number of hydrogen-bond acceptors (Lipinski definition) is 6. The number of rotatable bonds is 4. The van der Waals surface area contributed by atoms with E-state index < -0.39 is 0 Å². The Kier molecular flexibility index (Phi) is 4.09. The van der Waals surface area contributed by atoms with Gasteiger partial charge in [0.15, 0.2) is 5.82 Å². The first kappa shape index (κ1) is 16.4. The number of aromatic nitrogens is 5. The van der Waals surface area contributed by atoms with Crippen molar-refractivity contribution >= 4 is 27.4 Å². The molecule has 27 heavy (non-hydrogen) atoms. The monoisotopic (exact) mass is 376 g/mol. The third kappa shape index (κ3) is 2.88. The first-order valence-corrected chi connectivity index (χ1v) is 10.1. The summed E-state index contributed by atoms with van der Waals surface area (Å²) in [6.07, 6.45) is 4.85. The molecule has 3 aromatic heterocycles. The molecule has 1 aromatic carbocycles. The fraction of sp³-hybridized carbons (Fsp3) is 0.300. The summed E-state index contributed by atoms with van der Waals surface area (Å²) in [6, 6.07) is 12.5. The van der Waals surface area contributed by atoms with Crippen LogP contribution in [0.3, 0.4) is 0 Å². The standard InChI is InChI=1S/C20H20N6S/c1-2-14-11-15-19(21-12-22-20(15)27-14)26-10-6-9-16(26)18-23-17(24-25-18)13-7-4-3-5-8-13/h3-5,7-8,11-12,16H,2,6,9-10H2,1H3,(H,23,24,25)/t16-/m1/s1. The van der Waals surface area contributed by atoms with Crippen molar-refractivity contribution < 1.29 is 0 Å². The molecule has 1 atom stereocenters. The van der Waals surface area contributed by atoms with E-state index in [0.29, 0.717) is 0 Å². The zero-order valence-electron chi connectivity index (χ0n) is 15.1. The van der Waals surface area contributed by atoms with E-state index in [4.69, 9.17) is 4.98 Å². The second-order valence-electron chi connectivity index (χ2n) is 6.74. The zero-order chi connectivity index (χ0) is 18.2. The van der Waals surface area contributed by atoms with Gasteiger partial charge in [0.05, 0.1) is 11.4 Å². The Morgan fingerprint density at radius 1 is 1.22 bits per heavy atom. The van der Waals surface area contributed by atoms with Gasteiger partial charge in [0.2, 0.25) is 0 Å². The number of fused-ring (bicyclic) bond motifs is 1. The molecule has 0 radical (unpaired) electrons. The molecule has 0 bridgehead atoms. The summed E-state index contributed by atoms with van der Waals surface area (Å²) in [7, 11) is 0. The third-order valence-electron chi connectivity index (χ3n) is 5.08. The van der Waals surface area contributed by atoms with Crippen LogP contribution in [-0.4, -0.2) is 31.7 Å². The van der Waals surface area contributed by atoms with Gasteiger partial charge >= 0.3 is 0 Å². The predicted octanol–water partition coefficient (Wildman–Crippen LogP) is 4.38. The fourth-order valence-electron chi connectivity index (χ4n) is 3.74. The van der Waals surface area contributed by atoms with E-state index in [9.17, 15) is 0 Å². The fourth-order valence-corrected chi connectivity index (χ4v) is 4.67. The number of H-pyrrole nitrogens is 1. The Balaban J connectivity index is 1.51. The first-order valence-electron chi connectivity index (χ1n) is 9.31. The molecule has 0 spiro atoms. The van der Waals surface area contributed by atoms with Crippen molar-refractivity contribution in [2.45, 2.75) is 32.2 Å². The molecule has 1 saturated heterocycles. The Hall–Kier alpha value is -2.80. The highest BCUT2D eigenvalue weighted by Crippen LogP contribution is 2.38. The van der Waals surface area contributed by atoms with Gasteiger partial charge < -0.3 is 4.90 Å². The van der Waals surface area contributed by atoms with Gasteiger partial charge in [-0.2, -0.15) is 5.10 Å². The lowest BCUT2D eigenvalue weighted by Gasteiger charge is -2.24. The Bertz CT molecular complexity index is 1070. The summed E-state index contributed by atoms with van der Waals surface area (Å²) in [4.78, 5) is 18.6. The summed E-state index contributed by atoms with van der Waals surface area (Å²) in [5.74, 6) is 2.66. The average Bonchev–Trinajstić information content (AvgIpc) is 3.46. The van der Waals surface area contributed by atoms with Gasteiger partial charge in [-0.3, -0.25) is 5.10 Å². The molecule has 1 fully saturated rings. The number of nitrogens with zero attached hydrogens (tertiary/aromatic N) is 5. The molecule has 6 nitrogen and oxygen atoms in total. The summed E-state index contributed by atoms with van der Waals surface area (Å²) in [5, 5.41) is 8.76. The molecule has 1 aliphatic heterocycles. The van der Waals surface area contributed by atoms with E-state index in [1.165, 1.54) is 4.88 Å². The van der Waals surface area contributed by atoms with Crippen molar-refractivity contribution in [3.05, 3.63) is 53.4 Å². The highest BCUT2D eigenvalue weighted by atomic mass is 32.1. The van der Waals surface area contributed by atoms with Crippen molar-refractivity contribution in [2.24, 2.45) is 0 Å². The van der Waals surface area contributed by atoms with Crippen molar-refractivity contribution in [3.63, 3.8) is 0 Å². The van der Waals surface area contributed by atoms with Gasteiger partial charge in [-0.25, -0.2) is 15.0 Å². The quantitative estimate of drug-likeness (QED) is 0.572. The molecule has 4 aromatic rings. The van der Waals surface area contributed by atoms with Crippen LogP contribution in [0, 0.1) is 0 Å². The van der Waals surface area contributed by atoms with Gasteiger partial charge in [-0.1, -0.05) is 37.3 Å². The highest BCUT2D eigenvalue weighted by molar-refractivity contribution is 7.18. The van der Waals surface area contributed by atoms with Crippen molar-refractivity contribution in [2.75, 3.05) is 11.4 Å². The van der Waals surface area contributed by atoms with Gasteiger partial charge in [0.1, 0.15) is 22.8 Å². The van der Waals surface area contributed by atoms with Gasteiger partial charge in [-0.05, 0) is 25.3 Å². The van der Waals surface area contributed by atoms with E-state index in [-0.39, 0.29) is 6.04 Å². The summed E-state index contributed by atoms with van der Waals surface area (Å²) >= 11 is 1.76. The number of hydrogen-bond donors (Lipinski definition) is 1. The maximum atomic E-state index is 4.79. The predicted molar refractivity (Wildman–Crippen MR) is 108 cm³/mol. The summed E-state index contributed by atoms with van der Waals surface area (Å²) in [5.41, 5.74) is 1.03. The first-order chi connectivity index (χ1) is 13.3. The van der Waals surface area contributed by atoms with Crippen LogP contribution in [-0.2, 0) is 6.42 Å². The topological polar surface area (TPSA) is 70.6 Å². The van der Waals surface area contributed by atoms with Gasteiger partial charge in [-0.15, -0.1) is 11.3 Å². The third-order valence-corrected chi connectivity index (χ3v) is 6.27. The lowest BCUT2D eigenvalue weighted by molar-refractivity contribution is 0.665. The Morgan fingerprint density at radius 3 is 2.96 bits per heavy atom. The molecule has 0 aliphatic carbocycles. The SMILES string of the molecule is CCc1cc2c(N3CCC[C@@H]3c3nc(-c4ccccc4)n[nH]3)ncnc2s1. The minimum atomic E-state index is 0.165. The molecule has 0 unspecified atom stereocenters. The molecule has 0 amide bonds. The number of nitrogens with one attached hydrogen (secondary N) is 1. The largest absolute Gasteiger partial charge is 0.346 e. The van der Waals surface area contributed by atoms with Gasteiger partial charge in [0, 0.05) is 17.0 Å². The molecule has 136 valence electrons. The molecule has 5 rings (SSSR count). The maximum Gasteiger partial charge on any atom is 0.181 e. The van der Waals surface area contributed by atoms with Crippen molar-refractivity contribution in [1.82, 2.24) is 25.1 Å². The van der Waals surface area contributed by atoms with E-state index in [1.807, 2.05) is 30.3 Å². The molecular weight excluding hydrogens is 356 g/mol. The summed E-state index contributed by atoms with van der Waals surface area (Å²) in [6.45, 7) is 3.14. The molecular formula is C20H20N6S. The van der Waals surface area contributed by atoms with E-state index in [2.05, 4.69) is 38.1 Å². The minimum absolute atomic E-state index is 0.165. The highest BCUT2D eigenvalue weighted by Gasteiger charge is 2.31. The van der Waals surface area contributed by atoms with Crippen molar-refractivity contribution in [3.8, 4) is 11.4 Å². The smallest absolute Gasteiger partial charge is 0.181 e. The minimum Gasteiger partial charge on any atom is -0.346 e. The van der Waals surface area contributed by atoms with Crippen LogP contribution in [0.25, 0.3) is 21.6 Å². The number of benzene rings is 1. The number of aromatic amines is 1. The maximum absolute atomic E-state index is 4.79. The number of anilines is 1. The lowest BCUT2D eigenvalue weighted by Crippen LogP contribution is -2.24.